The molecule has 2 atom stereocenters. The second kappa shape index (κ2) is 6.63. The molecule has 1 aromatic heterocycles. The molecular formula is C24H25F3N2. The van der Waals surface area contributed by atoms with Crippen molar-refractivity contribution in [3.63, 3.8) is 0 Å². The molecular weight excluding hydrogens is 373 g/mol. The van der Waals surface area contributed by atoms with Gasteiger partial charge in [0.25, 0.3) is 0 Å². The molecule has 2 aromatic carbocycles. The molecule has 0 aliphatic carbocycles. The summed E-state index contributed by atoms with van der Waals surface area (Å²) in [6, 6.07) is 13.4. The monoisotopic (exact) mass is 398 g/mol. The molecule has 5 heteroatoms. The van der Waals surface area contributed by atoms with Crippen molar-refractivity contribution in [2.75, 3.05) is 7.05 Å². The smallest absolute Gasteiger partial charge is 0.344 e. The Balaban J connectivity index is 1.54. The van der Waals surface area contributed by atoms with E-state index in [0.29, 0.717) is 25.0 Å². The van der Waals surface area contributed by atoms with Crippen molar-refractivity contribution < 1.29 is 13.2 Å². The van der Waals surface area contributed by atoms with Gasteiger partial charge in [0, 0.05) is 41.6 Å². The first-order valence-electron chi connectivity index (χ1n) is 10.3. The molecule has 2 nitrogen and oxygen atoms in total. The number of benzene rings is 2. The van der Waals surface area contributed by atoms with Gasteiger partial charge in [0.05, 0.1) is 5.56 Å². The van der Waals surface area contributed by atoms with Gasteiger partial charge >= 0.3 is 6.18 Å². The highest BCUT2D eigenvalue weighted by Gasteiger charge is 2.40. The first kappa shape index (κ1) is 18.7. The van der Waals surface area contributed by atoms with Crippen LogP contribution in [0.15, 0.2) is 42.5 Å². The van der Waals surface area contributed by atoms with Gasteiger partial charge in [-0.25, -0.2) is 0 Å². The maximum Gasteiger partial charge on any atom is 0.416 e. The molecule has 3 aromatic rings. The van der Waals surface area contributed by atoms with E-state index in [9.17, 15) is 13.2 Å². The predicted octanol–water partition coefficient (Wildman–Crippen LogP) is 5.90. The van der Waals surface area contributed by atoms with Crippen LogP contribution in [-0.2, 0) is 25.6 Å². The number of rotatable bonds is 3. The molecule has 0 radical (unpaired) electrons. The normalized spacial score (nSPS) is 21.7. The van der Waals surface area contributed by atoms with E-state index in [1.165, 1.54) is 52.7 Å². The fourth-order valence-corrected chi connectivity index (χ4v) is 5.37. The zero-order valence-electron chi connectivity index (χ0n) is 16.8. The van der Waals surface area contributed by atoms with Crippen molar-refractivity contribution in [2.24, 2.45) is 0 Å². The van der Waals surface area contributed by atoms with Gasteiger partial charge < -0.3 is 4.57 Å². The van der Waals surface area contributed by atoms with Crippen LogP contribution >= 0.6 is 0 Å². The summed E-state index contributed by atoms with van der Waals surface area (Å²) in [5.74, 6) is 0. The summed E-state index contributed by atoms with van der Waals surface area (Å²) in [4.78, 5) is 2.52. The van der Waals surface area contributed by atoms with Gasteiger partial charge in [-0.15, -0.1) is 0 Å². The summed E-state index contributed by atoms with van der Waals surface area (Å²) in [7, 11) is 2.23. The van der Waals surface area contributed by atoms with Crippen LogP contribution in [0.3, 0.4) is 0 Å². The van der Waals surface area contributed by atoms with Crippen molar-refractivity contribution in [1.29, 1.82) is 0 Å². The van der Waals surface area contributed by atoms with Crippen LogP contribution in [0.25, 0.3) is 10.9 Å². The van der Waals surface area contributed by atoms with Crippen LogP contribution in [0.4, 0.5) is 13.2 Å². The third-order valence-electron chi connectivity index (χ3n) is 6.85. The van der Waals surface area contributed by atoms with Crippen molar-refractivity contribution >= 4 is 10.9 Å². The van der Waals surface area contributed by atoms with Crippen LogP contribution in [-0.4, -0.2) is 22.6 Å². The first-order valence-corrected chi connectivity index (χ1v) is 10.3. The first-order chi connectivity index (χ1) is 13.8. The molecule has 2 aliphatic heterocycles. The lowest BCUT2D eigenvalue weighted by molar-refractivity contribution is -0.137. The Kier molecular flexibility index (Phi) is 4.28. The lowest BCUT2D eigenvalue weighted by Gasteiger charge is -2.32. The molecule has 0 amide bonds. The maximum atomic E-state index is 13.1. The molecule has 0 N–H and O–H groups in total. The van der Waals surface area contributed by atoms with Crippen LogP contribution in [0.5, 0.6) is 0 Å². The highest BCUT2D eigenvalue weighted by molar-refractivity contribution is 5.87. The third kappa shape index (κ3) is 3.07. The average molecular weight is 398 g/mol. The Labute approximate surface area is 168 Å². The number of hydrogen-bond acceptors (Lipinski definition) is 1. The van der Waals surface area contributed by atoms with Gasteiger partial charge in [-0.3, -0.25) is 4.90 Å². The highest BCUT2D eigenvalue weighted by atomic mass is 19.4. The second-order valence-corrected chi connectivity index (χ2v) is 8.60. The van der Waals surface area contributed by atoms with E-state index in [0.717, 1.165) is 18.1 Å². The number of likely N-dealkylation sites (N-methyl/N-ethyl adjacent to an activating group) is 1. The Hall–Kier alpha value is -2.27. The fraction of sp³-hybridized carbons (Fsp3) is 0.417. The Morgan fingerprint density at radius 2 is 1.90 bits per heavy atom. The van der Waals surface area contributed by atoms with E-state index >= 15 is 0 Å². The standard InChI is InChI=1S/C24H25F3N2/c1-15-6-8-20-19(12-15)23-21-9-7-18(28(21)2)14-22(23)29(20)11-10-16-4-3-5-17(13-16)24(25,26)27/h3-6,8,12-13,18,21H,7,9-11,14H2,1-2H3/t18-,21+/m1/s1. The van der Waals surface area contributed by atoms with Gasteiger partial charge in [0.1, 0.15) is 0 Å². The number of hydrogen-bond donors (Lipinski definition) is 0. The molecule has 5 rings (SSSR count). The van der Waals surface area contributed by atoms with Gasteiger partial charge in [-0.1, -0.05) is 29.8 Å². The molecule has 0 spiro atoms. The van der Waals surface area contributed by atoms with E-state index in [2.05, 4.69) is 41.6 Å². The molecule has 152 valence electrons. The molecule has 2 aliphatic rings. The Morgan fingerprint density at radius 3 is 2.69 bits per heavy atom. The molecule has 3 heterocycles. The van der Waals surface area contributed by atoms with Crippen molar-refractivity contribution in [3.05, 3.63) is 70.4 Å². The van der Waals surface area contributed by atoms with Gasteiger partial charge in [0.15, 0.2) is 0 Å². The van der Waals surface area contributed by atoms with E-state index in [-0.39, 0.29) is 0 Å². The molecule has 1 fully saturated rings. The van der Waals surface area contributed by atoms with Crippen molar-refractivity contribution in [1.82, 2.24) is 9.47 Å². The summed E-state index contributed by atoms with van der Waals surface area (Å²) in [5.41, 5.74) is 5.47. The number of nitrogens with zero attached hydrogens (tertiary/aromatic N) is 2. The minimum absolute atomic E-state index is 0.461. The van der Waals surface area contributed by atoms with Gasteiger partial charge in [0.2, 0.25) is 0 Å². The van der Waals surface area contributed by atoms with E-state index < -0.39 is 11.7 Å². The predicted molar refractivity (Wildman–Crippen MR) is 109 cm³/mol. The zero-order chi connectivity index (χ0) is 20.3. The Morgan fingerprint density at radius 1 is 1.07 bits per heavy atom. The molecule has 1 saturated heterocycles. The molecule has 2 bridgehead atoms. The molecule has 29 heavy (non-hydrogen) atoms. The van der Waals surface area contributed by atoms with Gasteiger partial charge in [-0.05, 0) is 62.6 Å². The lowest BCUT2D eigenvalue weighted by Crippen LogP contribution is -2.34. The zero-order valence-corrected chi connectivity index (χ0v) is 16.8. The number of alkyl halides is 3. The van der Waals surface area contributed by atoms with Crippen LogP contribution in [0.1, 0.15) is 46.8 Å². The van der Waals surface area contributed by atoms with E-state index in [1.807, 2.05) is 0 Å². The van der Waals surface area contributed by atoms with E-state index in [1.54, 1.807) is 6.07 Å². The topological polar surface area (TPSA) is 8.17 Å². The number of aromatic nitrogens is 1. The Bertz CT molecular complexity index is 1080. The fourth-order valence-electron chi connectivity index (χ4n) is 5.37. The van der Waals surface area contributed by atoms with E-state index in [4.69, 9.17) is 0 Å². The lowest BCUT2D eigenvalue weighted by atomic mass is 9.97. The number of fused-ring (bicyclic) bond motifs is 6. The summed E-state index contributed by atoms with van der Waals surface area (Å²) >= 11 is 0. The van der Waals surface area contributed by atoms with Crippen LogP contribution in [0, 0.1) is 6.92 Å². The van der Waals surface area contributed by atoms with Crippen molar-refractivity contribution in [3.8, 4) is 0 Å². The summed E-state index contributed by atoms with van der Waals surface area (Å²) in [5, 5.41) is 1.32. The van der Waals surface area contributed by atoms with Crippen molar-refractivity contribution in [2.45, 2.75) is 57.4 Å². The number of halogens is 3. The third-order valence-corrected chi connectivity index (χ3v) is 6.85. The van der Waals surface area contributed by atoms with Crippen LogP contribution < -0.4 is 0 Å². The summed E-state index contributed by atoms with van der Waals surface area (Å²) < 4.78 is 41.6. The second-order valence-electron chi connectivity index (χ2n) is 8.60. The molecule has 0 saturated carbocycles. The van der Waals surface area contributed by atoms with Crippen LogP contribution in [0.2, 0.25) is 0 Å². The quantitative estimate of drug-likeness (QED) is 0.533. The van der Waals surface area contributed by atoms with Gasteiger partial charge in [-0.2, -0.15) is 13.2 Å². The SMILES string of the molecule is Cc1ccc2c(c1)c1c(n2CCc2cccc(C(F)(F)F)c2)C[C@H]2CC[C@@H]1N2C. The summed E-state index contributed by atoms with van der Waals surface area (Å²) in [6.45, 7) is 2.83. The number of aryl methyl sites for hydroxylation is 3. The largest absolute Gasteiger partial charge is 0.416 e. The maximum absolute atomic E-state index is 13.1. The minimum atomic E-state index is -4.30. The average Bonchev–Trinajstić information content (AvgIpc) is 3.09. The minimum Gasteiger partial charge on any atom is -0.344 e. The highest BCUT2D eigenvalue weighted by Crippen LogP contribution is 2.47. The molecule has 0 unspecified atom stereocenters. The summed E-state index contributed by atoms with van der Waals surface area (Å²) in [6.07, 6.45) is -0.264.